The summed E-state index contributed by atoms with van der Waals surface area (Å²) in [7, 11) is 1.70. The first-order valence-electron chi connectivity index (χ1n) is 4.77. The molecule has 1 rings (SSSR count). The molecule has 0 saturated heterocycles. The molecular formula is C11H16F2N2. The quantitative estimate of drug-likeness (QED) is 0.807. The molecule has 0 aromatic heterocycles. The van der Waals surface area contributed by atoms with Crippen molar-refractivity contribution < 1.29 is 8.78 Å². The van der Waals surface area contributed by atoms with E-state index in [1.807, 2.05) is 0 Å². The summed E-state index contributed by atoms with van der Waals surface area (Å²) in [5, 5.41) is 2.93. The minimum Gasteiger partial charge on any atom is -0.324 e. The molecule has 4 heteroatoms. The summed E-state index contributed by atoms with van der Waals surface area (Å²) in [5.74, 6) is -1.16. The number of halogens is 2. The SMILES string of the molecule is CNC(c1ccc(F)cc1F)C(C)(C)N. The van der Waals surface area contributed by atoms with E-state index < -0.39 is 17.2 Å². The molecule has 0 aliphatic rings. The van der Waals surface area contributed by atoms with Crippen LogP contribution in [0.3, 0.4) is 0 Å². The van der Waals surface area contributed by atoms with Crippen LogP contribution in [0.1, 0.15) is 25.5 Å². The molecule has 2 nitrogen and oxygen atoms in total. The Bertz CT molecular complexity index is 345. The predicted octanol–water partition coefficient (Wildman–Crippen LogP) is 1.96. The number of nitrogens with one attached hydrogen (secondary N) is 1. The minimum atomic E-state index is -0.618. The van der Waals surface area contributed by atoms with Gasteiger partial charge in [-0.1, -0.05) is 6.07 Å². The van der Waals surface area contributed by atoms with E-state index in [1.54, 1.807) is 20.9 Å². The normalized spacial score (nSPS) is 14.0. The smallest absolute Gasteiger partial charge is 0.130 e. The summed E-state index contributed by atoms with van der Waals surface area (Å²) in [6, 6.07) is 3.17. The average molecular weight is 214 g/mol. The van der Waals surface area contributed by atoms with E-state index in [0.717, 1.165) is 6.07 Å². The van der Waals surface area contributed by atoms with Gasteiger partial charge in [0.2, 0.25) is 0 Å². The summed E-state index contributed by atoms with van der Waals surface area (Å²) in [6.07, 6.45) is 0. The van der Waals surface area contributed by atoms with Gasteiger partial charge in [0.1, 0.15) is 11.6 Å². The van der Waals surface area contributed by atoms with Gasteiger partial charge in [-0.2, -0.15) is 0 Å². The van der Waals surface area contributed by atoms with E-state index in [9.17, 15) is 8.78 Å². The Morgan fingerprint density at radius 1 is 1.33 bits per heavy atom. The van der Waals surface area contributed by atoms with Gasteiger partial charge in [0.05, 0.1) is 6.04 Å². The third-order valence-corrected chi connectivity index (χ3v) is 2.31. The monoisotopic (exact) mass is 214 g/mol. The van der Waals surface area contributed by atoms with E-state index >= 15 is 0 Å². The summed E-state index contributed by atoms with van der Waals surface area (Å²) in [4.78, 5) is 0. The molecule has 0 heterocycles. The summed E-state index contributed by atoms with van der Waals surface area (Å²) in [5.41, 5.74) is 5.67. The van der Waals surface area contributed by atoms with Crippen molar-refractivity contribution >= 4 is 0 Å². The molecule has 0 fully saturated rings. The highest BCUT2D eigenvalue weighted by atomic mass is 19.1. The van der Waals surface area contributed by atoms with Crippen molar-refractivity contribution in [2.24, 2.45) is 5.73 Å². The van der Waals surface area contributed by atoms with Gasteiger partial charge in [0, 0.05) is 17.2 Å². The molecule has 0 radical (unpaired) electrons. The Kier molecular flexibility index (Phi) is 3.42. The van der Waals surface area contributed by atoms with Crippen LogP contribution in [0.2, 0.25) is 0 Å². The van der Waals surface area contributed by atoms with Gasteiger partial charge in [-0.15, -0.1) is 0 Å². The molecule has 1 unspecified atom stereocenters. The van der Waals surface area contributed by atoms with Crippen molar-refractivity contribution in [2.75, 3.05) is 7.05 Å². The fourth-order valence-electron chi connectivity index (χ4n) is 1.66. The van der Waals surface area contributed by atoms with Crippen LogP contribution in [-0.4, -0.2) is 12.6 Å². The topological polar surface area (TPSA) is 38.0 Å². The Morgan fingerprint density at radius 3 is 2.33 bits per heavy atom. The number of hydrogen-bond acceptors (Lipinski definition) is 2. The Labute approximate surface area is 88.5 Å². The van der Waals surface area contributed by atoms with Crippen LogP contribution < -0.4 is 11.1 Å². The molecule has 0 bridgehead atoms. The molecule has 1 aromatic rings. The second kappa shape index (κ2) is 4.24. The second-order valence-electron chi connectivity index (χ2n) is 4.21. The van der Waals surface area contributed by atoms with E-state index in [2.05, 4.69) is 5.32 Å². The van der Waals surface area contributed by atoms with Crippen molar-refractivity contribution in [1.29, 1.82) is 0 Å². The Hall–Kier alpha value is -1.00. The van der Waals surface area contributed by atoms with Crippen LogP contribution in [0.5, 0.6) is 0 Å². The maximum Gasteiger partial charge on any atom is 0.130 e. The van der Waals surface area contributed by atoms with E-state index in [1.165, 1.54) is 12.1 Å². The molecule has 84 valence electrons. The van der Waals surface area contributed by atoms with Gasteiger partial charge >= 0.3 is 0 Å². The lowest BCUT2D eigenvalue weighted by atomic mass is 9.89. The molecule has 0 aliphatic carbocycles. The highest BCUT2D eigenvalue weighted by Gasteiger charge is 2.27. The number of rotatable bonds is 3. The van der Waals surface area contributed by atoms with Crippen molar-refractivity contribution in [3.63, 3.8) is 0 Å². The van der Waals surface area contributed by atoms with Crippen molar-refractivity contribution in [3.8, 4) is 0 Å². The van der Waals surface area contributed by atoms with E-state index in [0.29, 0.717) is 5.56 Å². The van der Waals surface area contributed by atoms with Crippen LogP contribution >= 0.6 is 0 Å². The fourth-order valence-corrected chi connectivity index (χ4v) is 1.66. The highest BCUT2D eigenvalue weighted by molar-refractivity contribution is 5.24. The van der Waals surface area contributed by atoms with Gasteiger partial charge in [0.25, 0.3) is 0 Å². The van der Waals surface area contributed by atoms with Crippen molar-refractivity contribution in [2.45, 2.75) is 25.4 Å². The number of hydrogen-bond donors (Lipinski definition) is 2. The lowest BCUT2D eigenvalue weighted by molar-refractivity contribution is 0.358. The van der Waals surface area contributed by atoms with Gasteiger partial charge in [-0.25, -0.2) is 8.78 Å². The first-order valence-corrected chi connectivity index (χ1v) is 4.77. The van der Waals surface area contributed by atoms with Gasteiger partial charge in [-0.05, 0) is 27.0 Å². The number of benzene rings is 1. The summed E-state index contributed by atoms with van der Waals surface area (Å²) >= 11 is 0. The summed E-state index contributed by atoms with van der Waals surface area (Å²) < 4.78 is 26.2. The zero-order valence-electron chi connectivity index (χ0n) is 9.14. The third-order valence-electron chi connectivity index (χ3n) is 2.31. The average Bonchev–Trinajstić information content (AvgIpc) is 2.07. The molecule has 0 spiro atoms. The minimum absolute atomic E-state index is 0.349. The fraction of sp³-hybridized carbons (Fsp3) is 0.455. The molecule has 1 atom stereocenters. The van der Waals surface area contributed by atoms with Crippen LogP contribution in [0.15, 0.2) is 18.2 Å². The standard InChI is InChI=1S/C11H16F2N2/c1-11(2,14)10(15-3)8-5-4-7(12)6-9(8)13/h4-6,10,15H,14H2,1-3H3. The summed E-state index contributed by atoms with van der Waals surface area (Å²) in [6.45, 7) is 3.58. The van der Waals surface area contributed by atoms with Crippen LogP contribution in [-0.2, 0) is 0 Å². The Morgan fingerprint density at radius 2 is 1.93 bits per heavy atom. The lowest BCUT2D eigenvalue weighted by Gasteiger charge is -2.30. The largest absolute Gasteiger partial charge is 0.324 e. The van der Waals surface area contributed by atoms with Gasteiger partial charge < -0.3 is 11.1 Å². The van der Waals surface area contributed by atoms with Gasteiger partial charge in [-0.3, -0.25) is 0 Å². The highest BCUT2D eigenvalue weighted by Crippen LogP contribution is 2.25. The van der Waals surface area contributed by atoms with Gasteiger partial charge in [0.15, 0.2) is 0 Å². The first kappa shape index (κ1) is 12.1. The maximum atomic E-state index is 13.5. The molecule has 0 aliphatic heterocycles. The van der Waals surface area contributed by atoms with Crippen LogP contribution in [0.25, 0.3) is 0 Å². The second-order valence-corrected chi connectivity index (χ2v) is 4.21. The maximum absolute atomic E-state index is 13.5. The molecule has 1 aromatic carbocycles. The molecule has 15 heavy (non-hydrogen) atoms. The van der Waals surface area contributed by atoms with Crippen LogP contribution in [0, 0.1) is 11.6 Å². The van der Waals surface area contributed by atoms with Crippen molar-refractivity contribution in [3.05, 3.63) is 35.4 Å². The number of likely N-dealkylation sites (N-methyl/N-ethyl adjacent to an activating group) is 1. The molecule has 0 saturated carbocycles. The molecule has 3 N–H and O–H groups in total. The van der Waals surface area contributed by atoms with Crippen LogP contribution in [0.4, 0.5) is 8.78 Å². The molecular weight excluding hydrogens is 198 g/mol. The van der Waals surface area contributed by atoms with Crippen molar-refractivity contribution in [1.82, 2.24) is 5.32 Å². The zero-order chi connectivity index (χ0) is 11.6. The van der Waals surface area contributed by atoms with E-state index in [-0.39, 0.29) is 6.04 Å². The lowest BCUT2D eigenvalue weighted by Crippen LogP contribution is -2.45. The molecule has 0 amide bonds. The number of nitrogens with two attached hydrogens (primary N) is 1. The third kappa shape index (κ3) is 2.73. The zero-order valence-corrected chi connectivity index (χ0v) is 9.14. The van der Waals surface area contributed by atoms with E-state index in [4.69, 9.17) is 5.73 Å². The Balaban J connectivity index is 3.13. The predicted molar refractivity (Wildman–Crippen MR) is 56.4 cm³/mol. The first-order chi connectivity index (χ1) is 6.86.